The number of hydrogen-bond donors (Lipinski definition) is 0. The molecule has 0 atom stereocenters. The largest absolute Gasteiger partial charge is 0.498 e. The van der Waals surface area contributed by atoms with Crippen molar-refractivity contribution in [2.75, 3.05) is 25.1 Å². The molecule has 0 bridgehead atoms. The summed E-state index contributed by atoms with van der Waals surface area (Å²) >= 11 is 0. The molecule has 2 aliphatic rings. The summed E-state index contributed by atoms with van der Waals surface area (Å²) in [4.78, 5) is 2.44. The van der Waals surface area contributed by atoms with Crippen LogP contribution < -0.4 is 15.1 Å². The zero-order valence-electron chi connectivity index (χ0n) is 15.0. The van der Waals surface area contributed by atoms with Gasteiger partial charge in [0.15, 0.2) is 0 Å². The number of methoxy groups -OCH3 is 1. The van der Waals surface area contributed by atoms with Crippen molar-refractivity contribution in [3.8, 4) is 5.75 Å². The Hall–Kier alpha value is -1.20. The predicted octanol–water partition coefficient (Wildman–Crippen LogP) is 2.98. The Kier molecular flexibility index (Phi) is 4.36. The van der Waals surface area contributed by atoms with Gasteiger partial charge >= 0.3 is 7.12 Å². The normalized spacial score (nSPS) is 23.2. The van der Waals surface area contributed by atoms with Gasteiger partial charge in [-0.3, -0.25) is 0 Å². The molecule has 2 saturated heterocycles. The van der Waals surface area contributed by atoms with Crippen LogP contribution in [0.5, 0.6) is 5.75 Å². The monoisotopic (exact) mass is 317 g/mol. The van der Waals surface area contributed by atoms with Gasteiger partial charge in [-0.05, 0) is 65.2 Å². The van der Waals surface area contributed by atoms with E-state index in [0.29, 0.717) is 0 Å². The van der Waals surface area contributed by atoms with Crippen LogP contribution in [0.25, 0.3) is 0 Å². The quantitative estimate of drug-likeness (QED) is 0.802. The first-order valence-corrected chi connectivity index (χ1v) is 8.62. The molecule has 1 aromatic carbocycles. The first-order chi connectivity index (χ1) is 10.8. The van der Waals surface area contributed by atoms with Gasteiger partial charge < -0.3 is 18.9 Å². The lowest BCUT2D eigenvalue weighted by Crippen LogP contribution is -2.41. The number of ether oxygens (including phenoxy) is 1. The molecule has 0 aliphatic carbocycles. The molecular formula is C18H28BNO3. The highest BCUT2D eigenvalue weighted by atomic mass is 16.7. The molecule has 0 N–H and O–H groups in total. The Balaban J connectivity index is 1.91. The van der Waals surface area contributed by atoms with Gasteiger partial charge in [-0.2, -0.15) is 0 Å². The molecule has 4 nitrogen and oxygen atoms in total. The highest BCUT2D eigenvalue weighted by Crippen LogP contribution is 2.37. The van der Waals surface area contributed by atoms with Crippen molar-refractivity contribution < 1.29 is 14.0 Å². The minimum Gasteiger partial charge on any atom is -0.497 e. The van der Waals surface area contributed by atoms with Crippen LogP contribution in [0.2, 0.25) is 0 Å². The average Bonchev–Trinajstić information content (AvgIpc) is 2.75. The van der Waals surface area contributed by atoms with Gasteiger partial charge in [-0.15, -0.1) is 0 Å². The lowest BCUT2D eigenvalue weighted by Gasteiger charge is -2.32. The standard InChI is InChI=1S/C18H28BNO3/c1-17(2)18(3,4)23-19(22-17)15-13-14(9-10-16(15)21-5)20-11-7-6-8-12-20/h9-10,13H,6-8,11-12H2,1-5H3. The van der Waals surface area contributed by atoms with Crippen LogP contribution in [0, 0.1) is 0 Å². The third kappa shape index (κ3) is 3.09. The summed E-state index contributed by atoms with van der Waals surface area (Å²) < 4.78 is 18.0. The molecule has 0 aromatic heterocycles. The second kappa shape index (κ2) is 6.02. The minimum absolute atomic E-state index is 0.343. The van der Waals surface area contributed by atoms with Crippen LogP contribution in [0.4, 0.5) is 5.69 Å². The number of hydrogen-bond acceptors (Lipinski definition) is 4. The molecule has 0 radical (unpaired) electrons. The molecule has 2 aliphatic heterocycles. The third-order valence-corrected chi connectivity index (χ3v) is 5.44. The topological polar surface area (TPSA) is 30.9 Å². The van der Waals surface area contributed by atoms with Crippen LogP contribution in [0.15, 0.2) is 18.2 Å². The number of rotatable bonds is 3. The van der Waals surface area contributed by atoms with E-state index in [0.717, 1.165) is 24.3 Å². The van der Waals surface area contributed by atoms with Gasteiger partial charge in [-0.25, -0.2) is 0 Å². The molecule has 0 amide bonds. The molecule has 126 valence electrons. The zero-order chi connectivity index (χ0) is 16.7. The first kappa shape index (κ1) is 16.7. The maximum absolute atomic E-state index is 6.21. The summed E-state index contributed by atoms with van der Waals surface area (Å²) in [6.07, 6.45) is 3.85. The fourth-order valence-electron chi connectivity index (χ4n) is 3.22. The van der Waals surface area contributed by atoms with Crippen molar-refractivity contribution in [1.29, 1.82) is 0 Å². The highest BCUT2D eigenvalue weighted by molar-refractivity contribution is 6.63. The number of anilines is 1. The summed E-state index contributed by atoms with van der Waals surface area (Å²) in [6.45, 7) is 10.5. The molecule has 0 saturated carbocycles. The number of benzene rings is 1. The van der Waals surface area contributed by atoms with E-state index in [4.69, 9.17) is 14.0 Å². The summed E-state index contributed by atoms with van der Waals surface area (Å²) in [5.41, 5.74) is 1.53. The van der Waals surface area contributed by atoms with Gasteiger partial charge in [0.25, 0.3) is 0 Å². The maximum Gasteiger partial charge on any atom is 0.498 e. The van der Waals surface area contributed by atoms with Gasteiger partial charge in [0.1, 0.15) is 5.75 Å². The minimum atomic E-state index is -0.389. The second-order valence-electron chi connectivity index (χ2n) is 7.56. The van der Waals surface area contributed by atoms with E-state index in [1.807, 2.05) is 6.07 Å². The fraction of sp³-hybridized carbons (Fsp3) is 0.667. The predicted molar refractivity (Wildman–Crippen MR) is 94.8 cm³/mol. The van der Waals surface area contributed by atoms with E-state index in [1.165, 1.54) is 24.9 Å². The van der Waals surface area contributed by atoms with E-state index in [1.54, 1.807) is 7.11 Å². The average molecular weight is 317 g/mol. The molecule has 0 spiro atoms. The molecule has 5 heteroatoms. The van der Waals surface area contributed by atoms with Gasteiger partial charge in [0, 0.05) is 24.2 Å². The molecule has 23 heavy (non-hydrogen) atoms. The van der Waals surface area contributed by atoms with Crippen LogP contribution in [0.1, 0.15) is 47.0 Å². The smallest absolute Gasteiger partial charge is 0.497 e. The molecule has 2 fully saturated rings. The Labute approximate surface area is 140 Å². The molecule has 3 rings (SSSR count). The van der Waals surface area contributed by atoms with Crippen molar-refractivity contribution in [2.45, 2.75) is 58.2 Å². The number of nitrogens with zero attached hydrogens (tertiary/aromatic N) is 1. The lowest BCUT2D eigenvalue weighted by molar-refractivity contribution is 0.00578. The Morgan fingerprint density at radius 2 is 1.61 bits per heavy atom. The lowest BCUT2D eigenvalue weighted by atomic mass is 9.78. The molecular weight excluding hydrogens is 289 g/mol. The summed E-state index contributed by atoms with van der Waals surface area (Å²) in [5, 5.41) is 0. The Morgan fingerprint density at radius 3 is 2.17 bits per heavy atom. The van der Waals surface area contributed by atoms with Crippen molar-refractivity contribution >= 4 is 18.3 Å². The SMILES string of the molecule is COc1ccc(N2CCCCC2)cc1B1OC(C)(C)C(C)(C)O1. The Bertz CT molecular complexity index is 551. The molecule has 2 heterocycles. The van der Waals surface area contributed by atoms with Crippen LogP contribution in [-0.2, 0) is 9.31 Å². The van der Waals surface area contributed by atoms with Gasteiger partial charge in [-0.1, -0.05) is 0 Å². The van der Waals surface area contributed by atoms with E-state index in [-0.39, 0.29) is 18.3 Å². The van der Waals surface area contributed by atoms with E-state index < -0.39 is 0 Å². The van der Waals surface area contributed by atoms with Crippen LogP contribution in [0.3, 0.4) is 0 Å². The van der Waals surface area contributed by atoms with E-state index in [2.05, 4.69) is 44.7 Å². The fourth-order valence-corrected chi connectivity index (χ4v) is 3.22. The van der Waals surface area contributed by atoms with Crippen LogP contribution >= 0.6 is 0 Å². The summed E-state index contributed by atoms with van der Waals surface area (Å²) in [6, 6.07) is 6.34. The summed E-state index contributed by atoms with van der Waals surface area (Å²) in [5.74, 6) is 0.823. The van der Waals surface area contributed by atoms with E-state index in [9.17, 15) is 0 Å². The highest BCUT2D eigenvalue weighted by Gasteiger charge is 2.52. The van der Waals surface area contributed by atoms with Crippen molar-refractivity contribution in [1.82, 2.24) is 0 Å². The van der Waals surface area contributed by atoms with Crippen molar-refractivity contribution in [3.63, 3.8) is 0 Å². The first-order valence-electron chi connectivity index (χ1n) is 8.62. The zero-order valence-corrected chi connectivity index (χ0v) is 15.0. The maximum atomic E-state index is 6.21. The number of piperidine rings is 1. The van der Waals surface area contributed by atoms with Gasteiger partial charge in [0.05, 0.1) is 18.3 Å². The van der Waals surface area contributed by atoms with Crippen molar-refractivity contribution in [3.05, 3.63) is 18.2 Å². The van der Waals surface area contributed by atoms with Gasteiger partial charge in [0.2, 0.25) is 0 Å². The van der Waals surface area contributed by atoms with E-state index >= 15 is 0 Å². The molecule has 1 aromatic rings. The summed E-state index contributed by atoms with van der Waals surface area (Å²) in [7, 11) is 1.31. The molecule has 0 unspecified atom stereocenters. The van der Waals surface area contributed by atoms with Crippen molar-refractivity contribution in [2.24, 2.45) is 0 Å². The second-order valence-corrected chi connectivity index (χ2v) is 7.56. The van der Waals surface area contributed by atoms with Crippen LogP contribution in [-0.4, -0.2) is 38.5 Å². The Morgan fingerprint density at radius 1 is 1.00 bits per heavy atom. The third-order valence-electron chi connectivity index (χ3n) is 5.44.